The van der Waals surface area contributed by atoms with Gasteiger partial charge in [-0.3, -0.25) is 9.80 Å². The predicted octanol–water partition coefficient (Wildman–Crippen LogP) is 0.551. The Kier molecular flexibility index (Phi) is 4.21. The molecule has 0 radical (unpaired) electrons. The molecule has 0 aliphatic rings. The fourth-order valence-corrected chi connectivity index (χ4v) is 1.76. The van der Waals surface area contributed by atoms with Gasteiger partial charge in [-0.05, 0) is 24.3 Å². The number of nitrogens with one attached hydrogen (secondary N) is 1. The summed E-state index contributed by atoms with van der Waals surface area (Å²) in [7, 11) is 0. The Hall–Kier alpha value is -2.54. The molecule has 0 bridgehead atoms. The fourth-order valence-electron chi connectivity index (χ4n) is 1.76. The van der Waals surface area contributed by atoms with Crippen molar-refractivity contribution in [2.45, 2.75) is 6.42 Å². The molecule has 106 valence electrons. The summed E-state index contributed by atoms with van der Waals surface area (Å²) in [5.41, 5.74) is 5.61. The lowest BCUT2D eigenvalue weighted by atomic mass is 10.2. The summed E-state index contributed by atoms with van der Waals surface area (Å²) in [4.78, 5) is 24.6. The predicted molar refractivity (Wildman–Crippen MR) is 75.2 cm³/mol. The molecule has 0 unspecified atom stereocenters. The van der Waals surface area contributed by atoms with Crippen molar-refractivity contribution in [2.24, 2.45) is 11.6 Å². The van der Waals surface area contributed by atoms with Gasteiger partial charge in [0.25, 0.3) is 0 Å². The van der Waals surface area contributed by atoms with E-state index in [4.69, 9.17) is 16.3 Å². The summed E-state index contributed by atoms with van der Waals surface area (Å²) >= 11 is 0. The molecule has 7 heteroatoms. The number of fused-ring (bicyclic) bond motifs is 1. The number of carbonyl (C=O) groups excluding carboxylic acids is 1. The molecule has 0 fully saturated rings. The number of H-pyrrole nitrogens is 1. The number of amides is 2. The first-order valence-corrected chi connectivity index (χ1v) is 6.14. The lowest BCUT2D eigenvalue weighted by Crippen LogP contribution is -2.42. The number of pyridine rings is 1. The number of hydrazine groups is 1. The molecule has 1 heterocycles. The Morgan fingerprint density at radius 1 is 1.30 bits per heavy atom. The number of aromatic amines is 1. The highest BCUT2D eigenvalue weighted by Gasteiger charge is 2.03. The summed E-state index contributed by atoms with van der Waals surface area (Å²) in [6.07, 6.45) is 0.573. The highest BCUT2D eigenvalue weighted by molar-refractivity contribution is 5.79. The fraction of sp³-hybridized carbons (Fsp3) is 0.231. The molecule has 1 aromatic carbocycles. The highest BCUT2D eigenvalue weighted by atomic mass is 16.5. The average molecular weight is 276 g/mol. The summed E-state index contributed by atoms with van der Waals surface area (Å²) in [6, 6.07) is 7.91. The summed E-state index contributed by atoms with van der Waals surface area (Å²) < 4.78 is 5.55. The molecule has 0 aliphatic carbocycles. The van der Waals surface area contributed by atoms with Crippen LogP contribution in [0.2, 0.25) is 0 Å². The van der Waals surface area contributed by atoms with Gasteiger partial charge in [-0.1, -0.05) is 0 Å². The van der Waals surface area contributed by atoms with Gasteiger partial charge in [0.15, 0.2) is 0 Å². The molecular weight excluding hydrogens is 260 g/mol. The first kappa shape index (κ1) is 13.9. The molecule has 0 aliphatic heterocycles. The lowest BCUT2D eigenvalue weighted by molar-refractivity contribution is 0.202. The van der Waals surface area contributed by atoms with Crippen molar-refractivity contribution >= 4 is 16.9 Å². The number of aromatic nitrogens is 1. The number of hydrogen-bond donors (Lipinski definition) is 3. The van der Waals surface area contributed by atoms with Crippen molar-refractivity contribution in [3.8, 4) is 5.75 Å². The number of urea groups is 1. The van der Waals surface area contributed by atoms with Crippen molar-refractivity contribution in [1.82, 2.24) is 9.99 Å². The molecule has 0 atom stereocenters. The van der Waals surface area contributed by atoms with E-state index in [2.05, 4.69) is 4.98 Å². The standard InChI is InChI=1S/C13H16N4O3/c14-13(19)17(15)6-1-7-20-10-3-4-11-9(8-10)2-5-12(18)16-11/h2-5,8H,1,6-7,15H2,(H2,14,19)(H,16,18). The zero-order valence-electron chi connectivity index (χ0n) is 10.8. The molecule has 7 nitrogen and oxygen atoms in total. The van der Waals surface area contributed by atoms with Crippen LogP contribution in [-0.2, 0) is 0 Å². The SMILES string of the molecule is NC(=O)N(N)CCCOc1ccc2[nH]c(=O)ccc2c1. The van der Waals surface area contributed by atoms with Gasteiger partial charge in [-0.2, -0.15) is 0 Å². The van der Waals surface area contributed by atoms with Crippen LogP contribution in [0.15, 0.2) is 35.1 Å². The third-order valence-corrected chi connectivity index (χ3v) is 2.79. The monoisotopic (exact) mass is 276 g/mol. The topological polar surface area (TPSA) is 114 Å². The maximum absolute atomic E-state index is 11.2. The van der Waals surface area contributed by atoms with Crippen molar-refractivity contribution in [3.63, 3.8) is 0 Å². The van der Waals surface area contributed by atoms with Crippen molar-refractivity contribution in [2.75, 3.05) is 13.2 Å². The third-order valence-electron chi connectivity index (χ3n) is 2.79. The number of primary amides is 1. The summed E-state index contributed by atoms with van der Waals surface area (Å²) in [5.74, 6) is 6.04. The second-order valence-corrected chi connectivity index (χ2v) is 4.31. The molecule has 1 aromatic heterocycles. The van der Waals surface area contributed by atoms with Gasteiger partial charge >= 0.3 is 6.03 Å². The molecule has 2 rings (SSSR count). The Morgan fingerprint density at radius 2 is 2.10 bits per heavy atom. The highest BCUT2D eigenvalue weighted by Crippen LogP contribution is 2.18. The largest absolute Gasteiger partial charge is 0.494 e. The Balaban J connectivity index is 1.92. The minimum absolute atomic E-state index is 0.138. The number of rotatable bonds is 5. The van der Waals surface area contributed by atoms with Crippen LogP contribution in [0.3, 0.4) is 0 Å². The van der Waals surface area contributed by atoms with Crippen LogP contribution in [0.4, 0.5) is 4.79 Å². The summed E-state index contributed by atoms with van der Waals surface area (Å²) in [5, 5.41) is 1.83. The van der Waals surface area contributed by atoms with Crippen molar-refractivity contribution in [1.29, 1.82) is 0 Å². The minimum atomic E-state index is -0.667. The van der Waals surface area contributed by atoms with E-state index in [1.807, 2.05) is 6.07 Å². The van der Waals surface area contributed by atoms with Crippen LogP contribution >= 0.6 is 0 Å². The van der Waals surface area contributed by atoms with E-state index in [9.17, 15) is 9.59 Å². The molecule has 0 spiro atoms. The van der Waals surface area contributed by atoms with Crippen LogP contribution < -0.4 is 21.9 Å². The van der Waals surface area contributed by atoms with Crippen molar-refractivity contribution in [3.05, 3.63) is 40.7 Å². The van der Waals surface area contributed by atoms with E-state index in [0.717, 1.165) is 15.9 Å². The van der Waals surface area contributed by atoms with E-state index in [-0.39, 0.29) is 5.56 Å². The number of nitrogens with zero attached hydrogens (tertiary/aromatic N) is 1. The minimum Gasteiger partial charge on any atom is -0.494 e. The van der Waals surface area contributed by atoms with Gasteiger partial charge in [-0.25, -0.2) is 10.6 Å². The van der Waals surface area contributed by atoms with Crippen molar-refractivity contribution < 1.29 is 9.53 Å². The van der Waals surface area contributed by atoms with Crippen LogP contribution in [0.1, 0.15) is 6.42 Å². The van der Waals surface area contributed by atoms with E-state index < -0.39 is 6.03 Å². The molecule has 2 amide bonds. The van der Waals surface area contributed by atoms with Crippen LogP contribution in [0.5, 0.6) is 5.75 Å². The molecule has 0 saturated heterocycles. The van der Waals surface area contributed by atoms with E-state index in [0.29, 0.717) is 25.3 Å². The molecule has 5 N–H and O–H groups in total. The van der Waals surface area contributed by atoms with Gasteiger partial charge in [-0.15, -0.1) is 0 Å². The Morgan fingerprint density at radius 3 is 2.85 bits per heavy atom. The third kappa shape index (κ3) is 3.48. The maximum atomic E-state index is 11.2. The second kappa shape index (κ2) is 6.07. The first-order chi connectivity index (χ1) is 9.56. The summed E-state index contributed by atoms with van der Waals surface area (Å²) in [6.45, 7) is 0.742. The van der Waals surface area contributed by atoms with Crippen LogP contribution in [-0.4, -0.2) is 29.2 Å². The Bertz CT molecular complexity index is 668. The van der Waals surface area contributed by atoms with Gasteiger partial charge in [0.05, 0.1) is 6.61 Å². The van der Waals surface area contributed by atoms with Gasteiger partial charge < -0.3 is 15.5 Å². The van der Waals surface area contributed by atoms with E-state index in [1.165, 1.54) is 6.07 Å². The van der Waals surface area contributed by atoms with Gasteiger partial charge in [0.2, 0.25) is 5.56 Å². The molecule has 0 saturated carbocycles. The number of hydrogen-bond acceptors (Lipinski definition) is 4. The quantitative estimate of drug-likeness (QED) is 0.320. The zero-order valence-corrected chi connectivity index (χ0v) is 10.8. The lowest BCUT2D eigenvalue weighted by Gasteiger charge is -2.13. The number of ether oxygens (including phenoxy) is 1. The van der Waals surface area contributed by atoms with Crippen LogP contribution in [0.25, 0.3) is 10.9 Å². The van der Waals surface area contributed by atoms with E-state index in [1.54, 1.807) is 18.2 Å². The first-order valence-electron chi connectivity index (χ1n) is 6.14. The molecular formula is C13H16N4O3. The Labute approximate surface area is 115 Å². The van der Waals surface area contributed by atoms with Gasteiger partial charge in [0, 0.05) is 29.9 Å². The van der Waals surface area contributed by atoms with E-state index >= 15 is 0 Å². The molecule has 2 aromatic rings. The second-order valence-electron chi connectivity index (χ2n) is 4.31. The zero-order chi connectivity index (χ0) is 14.5. The number of benzene rings is 1. The maximum Gasteiger partial charge on any atom is 0.328 e. The smallest absolute Gasteiger partial charge is 0.328 e. The van der Waals surface area contributed by atoms with Gasteiger partial charge in [0.1, 0.15) is 5.75 Å². The average Bonchev–Trinajstić information content (AvgIpc) is 2.43. The number of nitrogens with two attached hydrogens (primary N) is 2. The normalized spacial score (nSPS) is 10.4. The molecule has 20 heavy (non-hydrogen) atoms. The van der Waals surface area contributed by atoms with Crippen LogP contribution in [0, 0.1) is 0 Å². The number of carbonyl (C=O) groups is 1.